The second-order valence-electron chi connectivity index (χ2n) is 12.1. The number of aromatic amines is 1. The van der Waals surface area contributed by atoms with Gasteiger partial charge in [-0.1, -0.05) is 24.3 Å². The fourth-order valence-corrected chi connectivity index (χ4v) is 5.88. The van der Waals surface area contributed by atoms with Crippen molar-refractivity contribution in [3.63, 3.8) is 0 Å². The number of aldehydes is 1. The second kappa shape index (κ2) is 16.4. The fraction of sp³-hybridized carbons (Fsp3) is 0.0750. The molecule has 0 bridgehead atoms. The minimum atomic E-state index is -0.950. The predicted molar refractivity (Wildman–Crippen MR) is 194 cm³/mol. The molecule has 55 heavy (non-hydrogen) atoms. The van der Waals surface area contributed by atoms with Gasteiger partial charge in [0.25, 0.3) is 5.78 Å². The van der Waals surface area contributed by atoms with E-state index < -0.39 is 45.6 Å². The summed E-state index contributed by atoms with van der Waals surface area (Å²) >= 11 is 0. The summed E-state index contributed by atoms with van der Waals surface area (Å²) in [6, 6.07) is 20.1. The molecule has 1 aromatic carbocycles. The summed E-state index contributed by atoms with van der Waals surface area (Å²) in [5, 5.41) is 8.11. The van der Waals surface area contributed by atoms with Crippen molar-refractivity contribution >= 4 is 29.4 Å². The minimum absolute atomic E-state index is 0.0418. The standard InChI is InChI=1S/C40H28N10O5/c51-23-27-9-8-25(20-50(21-28-6-1-3-12-43-28)22-29-7-2-4-13-44-29)18-30(27)37(53)32-33(38(54)31-11-17-42-24-47-31)34(36(52)26-10-16-41-19-26)48-49-35(32)39(55)40-45-14-5-15-46-40/h1-19,23-24,41H,20-22H2. The Hall–Kier alpha value is -7.65. The molecule has 0 aliphatic rings. The molecule has 268 valence electrons. The number of carbonyl (C=O) groups is 5. The van der Waals surface area contributed by atoms with Gasteiger partial charge in [-0.05, 0) is 54.1 Å². The van der Waals surface area contributed by atoms with Gasteiger partial charge in [0.15, 0.2) is 12.1 Å². The quantitative estimate of drug-likeness (QED) is 0.116. The smallest absolute Gasteiger partial charge is 0.251 e. The zero-order valence-electron chi connectivity index (χ0n) is 28.8. The van der Waals surface area contributed by atoms with Gasteiger partial charge < -0.3 is 4.98 Å². The van der Waals surface area contributed by atoms with Gasteiger partial charge in [-0.25, -0.2) is 19.9 Å². The molecular weight excluding hydrogens is 701 g/mol. The molecule has 0 aliphatic carbocycles. The molecule has 15 heteroatoms. The summed E-state index contributed by atoms with van der Waals surface area (Å²) in [5.74, 6) is -3.92. The lowest BCUT2D eigenvalue weighted by Gasteiger charge is -2.22. The monoisotopic (exact) mass is 728 g/mol. The highest BCUT2D eigenvalue weighted by Gasteiger charge is 2.36. The lowest BCUT2D eigenvalue weighted by atomic mass is 9.87. The first-order valence-electron chi connectivity index (χ1n) is 16.8. The van der Waals surface area contributed by atoms with Gasteiger partial charge >= 0.3 is 0 Å². The van der Waals surface area contributed by atoms with Crippen molar-refractivity contribution < 1.29 is 24.0 Å². The molecule has 0 amide bonds. The highest BCUT2D eigenvalue weighted by molar-refractivity contribution is 6.28. The molecule has 6 heterocycles. The molecule has 0 unspecified atom stereocenters. The minimum Gasteiger partial charge on any atom is -0.367 e. The Morgan fingerprint density at radius 2 is 1.31 bits per heavy atom. The van der Waals surface area contributed by atoms with Crippen LogP contribution in [-0.4, -0.2) is 79.4 Å². The van der Waals surface area contributed by atoms with Crippen molar-refractivity contribution in [1.82, 2.24) is 50.0 Å². The van der Waals surface area contributed by atoms with E-state index in [1.807, 2.05) is 36.4 Å². The van der Waals surface area contributed by atoms with E-state index in [1.54, 1.807) is 18.5 Å². The number of rotatable bonds is 15. The molecule has 0 saturated heterocycles. The van der Waals surface area contributed by atoms with Crippen LogP contribution in [0.2, 0.25) is 0 Å². The average molecular weight is 729 g/mol. The van der Waals surface area contributed by atoms with Gasteiger partial charge in [-0.3, -0.25) is 38.8 Å². The van der Waals surface area contributed by atoms with E-state index in [0.29, 0.717) is 24.9 Å². The van der Waals surface area contributed by atoms with Crippen LogP contribution in [0.3, 0.4) is 0 Å². The molecule has 15 nitrogen and oxygen atoms in total. The van der Waals surface area contributed by atoms with Gasteiger partial charge in [-0.15, -0.1) is 10.2 Å². The van der Waals surface area contributed by atoms with Crippen molar-refractivity contribution in [2.75, 3.05) is 0 Å². The maximum Gasteiger partial charge on any atom is 0.251 e. The highest BCUT2D eigenvalue weighted by Crippen LogP contribution is 2.28. The number of H-pyrrole nitrogens is 1. The Morgan fingerprint density at radius 1 is 0.636 bits per heavy atom. The molecule has 0 spiro atoms. The number of ketones is 4. The van der Waals surface area contributed by atoms with Crippen LogP contribution in [-0.2, 0) is 19.6 Å². The Balaban J connectivity index is 1.40. The average Bonchev–Trinajstić information content (AvgIpc) is 3.79. The van der Waals surface area contributed by atoms with E-state index in [4.69, 9.17) is 0 Å². The van der Waals surface area contributed by atoms with Crippen LogP contribution in [0.1, 0.15) is 91.6 Å². The topological polar surface area (TPSA) is 208 Å². The lowest BCUT2D eigenvalue weighted by Crippen LogP contribution is -2.26. The Bertz CT molecular complexity index is 2460. The summed E-state index contributed by atoms with van der Waals surface area (Å²) in [4.78, 5) is 99.7. The third kappa shape index (κ3) is 7.91. The normalized spacial score (nSPS) is 10.9. The molecule has 0 radical (unpaired) electrons. The van der Waals surface area contributed by atoms with E-state index >= 15 is 4.79 Å². The van der Waals surface area contributed by atoms with Gasteiger partial charge in [0.1, 0.15) is 23.4 Å². The van der Waals surface area contributed by atoms with Crippen molar-refractivity contribution in [1.29, 1.82) is 0 Å². The maximum atomic E-state index is 15.1. The predicted octanol–water partition coefficient (Wildman–Crippen LogP) is 4.11. The molecule has 0 atom stereocenters. The molecule has 6 aromatic heterocycles. The maximum absolute atomic E-state index is 15.1. The number of nitrogens with zero attached hydrogens (tertiary/aromatic N) is 9. The second-order valence-corrected chi connectivity index (χ2v) is 12.1. The van der Waals surface area contributed by atoms with E-state index in [0.717, 1.165) is 17.7 Å². The number of carbonyl (C=O) groups excluding carboxylic acids is 5. The number of pyridine rings is 2. The zero-order valence-corrected chi connectivity index (χ0v) is 28.8. The van der Waals surface area contributed by atoms with Crippen molar-refractivity contribution in [3.8, 4) is 0 Å². The number of hydrogen-bond acceptors (Lipinski definition) is 14. The van der Waals surface area contributed by atoms with Gasteiger partial charge in [0.05, 0.1) is 22.5 Å². The SMILES string of the molecule is O=Cc1ccc(CN(Cc2ccccn2)Cc2ccccn2)cc1C(=O)c1c(C(=O)c2ncccn2)nnc(C(=O)c2cc[nH]c2)c1C(=O)c1ccncn1. The summed E-state index contributed by atoms with van der Waals surface area (Å²) in [5.41, 5.74) is -0.337. The first-order valence-corrected chi connectivity index (χ1v) is 16.8. The molecule has 0 fully saturated rings. The van der Waals surface area contributed by atoms with Crippen molar-refractivity contribution in [3.05, 3.63) is 190 Å². The third-order valence-corrected chi connectivity index (χ3v) is 8.42. The summed E-state index contributed by atoms with van der Waals surface area (Å²) < 4.78 is 0. The number of nitrogens with one attached hydrogen (secondary N) is 1. The molecule has 7 aromatic rings. The van der Waals surface area contributed by atoms with E-state index in [9.17, 15) is 19.2 Å². The van der Waals surface area contributed by atoms with Crippen LogP contribution >= 0.6 is 0 Å². The van der Waals surface area contributed by atoms with Crippen LogP contribution in [0.4, 0.5) is 0 Å². The Labute approximate surface area is 312 Å². The van der Waals surface area contributed by atoms with Crippen LogP contribution in [0.25, 0.3) is 0 Å². The van der Waals surface area contributed by atoms with E-state index in [2.05, 4.69) is 50.0 Å². The Kier molecular flexibility index (Phi) is 10.6. The first-order chi connectivity index (χ1) is 26.9. The first kappa shape index (κ1) is 35.7. The molecule has 1 N–H and O–H groups in total. The third-order valence-electron chi connectivity index (χ3n) is 8.42. The number of aromatic nitrogens is 9. The lowest BCUT2D eigenvalue weighted by molar-refractivity contribution is 0.0970. The van der Waals surface area contributed by atoms with Crippen LogP contribution in [0, 0.1) is 0 Å². The molecule has 0 saturated carbocycles. The highest BCUT2D eigenvalue weighted by atomic mass is 16.1. The molecule has 7 rings (SSSR count). The zero-order chi connectivity index (χ0) is 38.1. The summed E-state index contributed by atoms with van der Waals surface area (Å²) in [6.07, 6.45) is 11.8. The number of benzene rings is 1. The van der Waals surface area contributed by atoms with E-state index in [-0.39, 0.29) is 34.8 Å². The molecular formula is C40H28N10O5. The van der Waals surface area contributed by atoms with Gasteiger partial charge in [-0.2, -0.15) is 0 Å². The largest absolute Gasteiger partial charge is 0.367 e. The van der Waals surface area contributed by atoms with Crippen molar-refractivity contribution in [2.45, 2.75) is 19.6 Å². The van der Waals surface area contributed by atoms with Gasteiger partial charge in [0, 0.05) is 79.7 Å². The fourth-order valence-electron chi connectivity index (χ4n) is 5.88. The Morgan fingerprint density at radius 3 is 1.91 bits per heavy atom. The summed E-state index contributed by atoms with van der Waals surface area (Å²) in [6.45, 7) is 1.11. The van der Waals surface area contributed by atoms with Crippen LogP contribution in [0.5, 0.6) is 0 Å². The van der Waals surface area contributed by atoms with Crippen LogP contribution in [0.15, 0.2) is 123 Å². The van der Waals surface area contributed by atoms with Crippen LogP contribution < -0.4 is 0 Å². The number of hydrogen-bond donors (Lipinski definition) is 1. The molecule has 0 aliphatic heterocycles. The summed E-state index contributed by atoms with van der Waals surface area (Å²) in [7, 11) is 0. The van der Waals surface area contributed by atoms with Crippen molar-refractivity contribution in [2.24, 2.45) is 0 Å². The van der Waals surface area contributed by atoms with E-state index in [1.165, 1.54) is 61.3 Å². The van der Waals surface area contributed by atoms with Gasteiger partial charge in [0.2, 0.25) is 17.4 Å².